The minimum absolute atomic E-state index is 0.323. The van der Waals surface area contributed by atoms with E-state index in [1.165, 1.54) is 0 Å². The van der Waals surface area contributed by atoms with E-state index in [4.69, 9.17) is 23.2 Å². The third kappa shape index (κ3) is 2.86. The number of nitrogens with zero attached hydrogens (tertiary/aromatic N) is 1. The Morgan fingerprint density at radius 1 is 1.12 bits per heavy atom. The van der Waals surface area contributed by atoms with Gasteiger partial charge >= 0.3 is 6.03 Å². The third-order valence-corrected chi connectivity index (χ3v) is 5.92. The number of nitrogens with one attached hydrogen (secondary N) is 1. The van der Waals surface area contributed by atoms with Crippen LogP contribution in [0.5, 0.6) is 0 Å². The summed E-state index contributed by atoms with van der Waals surface area (Å²) in [6, 6.07) is 12.2. The van der Waals surface area contributed by atoms with E-state index in [2.05, 4.69) is 5.32 Å². The predicted molar refractivity (Wildman–Crippen MR) is 106 cm³/mol. The fraction of sp³-hybridized carbons (Fsp3) is 0.158. The summed E-state index contributed by atoms with van der Waals surface area (Å²) in [5, 5.41) is 6.70. The number of imide groups is 1. The molecule has 4 nitrogen and oxygen atoms in total. The Bertz CT molecular complexity index is 1030. The summed E-state index contributed by atoms with van der Waals surface area (Å²) in [6.07, 6.45) is 0.409. The van der Waals surface area contributed by atoms with Crippen molar-refractivity contribution in [3.63, 3.8) is 0 Å². The highest BCUT2D eigenvalue weighted by atomic mass is 35.5. The van der Waals surface area contributed by atoms with Crippen molar-refractivity contribution in [2.75, 3.05) is 4.90 Å². The maximum atomic E-state index is 13.1. The van der Waals surface area contributed by atoms with Crippen LogP contribution in [0.1, 0.15) is 12.5 Å². The Balaban J connectivity index is 1.69. The van der Waals surface area contributed by atoms with E-state index in [-0.39, 0.29) is 5.91 Å². The lowest BCUT2D eigenvalue weighted by Gasteiger charge is -2.21. The molecular formula is C19H14Cl2N2O2S. The van der Waals surface area contributed by atoms with Gasteiger partial charge in [-0.2, -0.15) is 0 Å². The molecule has 26 heavy (non-hydrogen) atoms. The zero-order valence-electron chi connectivity index (χ0n) is 13.8. The lowest BCUT2D eigenvalue weighted by molar-refractivity contribution is -0.121. The number of urea groups is 1. The lowest BCUT2D eigenvalue weighted by Crippen LogP contribution is -2.46. The molecule has 2 aromatic carbocycles. The summed E-state index contributed by atoms with van der Waals surface area (Å²) in [5.41, 5.74) is 0.368. The van der Waals surface area contributed by atoms with E-state index in [1.54, 1.807) is 36.5 Å². The van der Waals surface area contributed by atoms with Crippen LogP contribution in [-0.2, 0) is 11.2 Å². The predicted octanol–water partition coefficient (Wildman–Crippen LogP) is 5.27. The first-order valence-corrected chi connectivity index (χ1v) is 9.59. The Morgan fingerprint density at radius 2 is 1.81 bits per heavy atom. The second kappa shape index (κ2) is 6.27. The van der Waals surface area contributed by atoms with Gasteiger partial charge in [-0.25, -0.2) is 9.69 Å². The molecule has 1 unspecified atom stereocenters. The second-order valence-electron chi connectivity index (χ2n) is 6.46. The second-order valence-corrected chi connectivity index (χ2v) is 8.25. The highest BCUT2D eigenvalue weighted by Gasteiger charge is 2.48. The average Bonchev–Trinajstić information content (AvgIpc) is 3.06. The molecule has 0 radical (unpaired) electrons. The van der Waals surface area contributed by atoms with Gasteiger partial charge in [0, 0.05) is 21.2 Å². The number of thiophene rings is 1. The average molecular weight is 405 g/mol. The maximum absolute atomic E-state index is 13.1. The minimum atomic E-state index is -1.03. The smallest absolute Gasteiger partial charge is 0.323 e. The Morgan fingerprint density at radius 3 is 2.54 bits per heavy atom. The van der Waals surface area contributed by atoms with Crippen molar-refractivity contribution in [2.24, 2.45) is 0 Å². The molecule has 0 spiro atoms. The van der Waals surface area contributed by atoms with Crippen LogP contribution in [0.4, 0.5) is 10.5 Å². The molecule has 1 aliphatic heterocycles. The van der Waals surface area contributed by atoms with Gasteiger partial charge in [0.15, 0.2) is 0 Å². The molecule has 1 N–H and O–H groups in total. The van der Waals surface area contributed by atoms with Crippen molar-refractivity contribution in [2.45, 2.75) is 18.9 Å². The van der Waals surface area contributed by atoms with Crippen molar-refractivity contribution < 1.29 is 9.59 Å². The number of amides is 3. The van der Waals surface area contributed by atoms with E-state index in [1.807, 2.05) is 29.6 Å². The molecule has 0 aliphatic carbocycles. The van der Waals surface area contributed by atoms with Gasteiger partial charge in [0.2, 0.25) is 0 Å². The third-order valence-electron chi connectivity index (χ3n) is 4.47. The van der Waals surface area contributed by atoms with Crippen molar-refractivity contribution in [1.82, 2.24) is 5.32 Å². The molecule has 1 atom stereocenters. The van der Waals surface area contributed by atoms with Gasteiger partial charge in [-0.15, -0.1) is 11.3 Å². The van der Waals surface area contributed by atoms with Crippen LogP contribution in [0.2, 0.25) is 10.0 Å². The number of hydrogen-bond acceptors (Lipinski definition) is 3. The van der Waals surface area contributed by atoms with Crippen LogP contribution < -0.4 is 10.2 Å². The summed E-state index contributed by atoms with van der Waals surface area (Å²) >= 11 is 13.7. The number of rotatable bonds is 3. The van der Waals surface area contributed by atoms with Gasteiger partial charge in [0.25, 0.3) is 5.91 Å². The van der Waals surface area contributed by atoms with Crippen LogP contribution in [0.25, 0.3) is 10.1 Å². The number of benzene rings is 2. The molecule has 2 heterocycles. The van der Waals surface area contributed by atoms with Gasteiger partial charge in [-0.1, -0.05) is 41.4 Å². The quantitative estimate of drug-likeness (QED) is 0.604. The van der Waals surface area contributed by atoms with Gasteiger partial charge in [0.1, 0.15) is 5.54 Å². The molecular weight excluding hydrogens is 391 g/mol. The molecule has 3 amide bonds. The highest BCUT2D eigenvalue weighted by molar-refractivity contribution is 7.17. The zero-order valence-corrected chi connectivity index (χ0v) is 16.1. The molecule has 7 heteroatoms. The summed E-state index contributed by atoms with van der Waals surface area (Å²) in [7, 11) is 0. The van der Waals surface area contributed by atoms with E-state index >= 15 is 0 Å². The van der Waals surface area contributed by atoms with E-state index in [0.717, 1.165) is 20.5 Å². The molecule has 0 bridgehead atoms. The number of hydrogen-bond donors (Lipinski definition) is 1. The van der Waals surface area contributed by atoms with Crippen LogP contribution in [0, 0.1) is 0 Å². The van der Waals surface area contributed by atoms with E-state index < -0.39 is 11.6 Å². The van der Waals surface area contributed by atoms with Crippen LogP contribution in [-0.4, -0.2) is 17.5 Å². The largest absolute Gasteiger partial charge is 0.329 e. The number of carbonyl (C=O) groups is 2. The van der Waals surface area contributed by atoms with Gasteiger partial charge in [-0.3, -0.25) is 4.79 Å². The highest BCUT2D eigenvalue weighted by Crippen LogP contribution is 2.34. The fourth-order valence-corrected chi connectivity index (χ4v) is 4.73. The van der Waals surface area contributed by atoms with Crippen molar-refractivity contribution in [1.29, 1.82) is 0 Å². The van der Waals surface area contributed by atoms with Crippen LogP contribution >= 0.6 is 34.5 Å². The van der Waals surface area contributed by atoms with Gasteiger partial charge < -0.3 is 5.32 Å². The molecule has 1 fully saturated rings. The molecule has 1 aliphatic rings. The summed E-state index contributed by atoms with van der Waals surface area (Å²) in [6.45, 7) is 1.74. The first kappa shape index (κ1) is 17.3. The van der Waals surface area contributed by atoms with Crippen LogP contribution in [0.3, 0.4) is 0 Å². The van der Waals surface area contributed by atoms with Gasteiger partial charge in [-0.05, 0) is 47.5 Å². The Labute approximate surface area is 164 Å². The first-order chi connectivity index (χ1) is 12.4. The number of carbonyl (C=O) groups excluding carboxylic acids is 2. The lowest BCUT2D eigenvalue weighted by atomic mass is 9.92. The van der Waals surface area contributed by atoms with Crippen molar-refractivity contribution in [3.05, 3.63) is 63.5 Å². The van der Waals surface area contributed by atoms with E-state index in [9.17, 15) is 9.59 Å². The molecule has 4 rings (SSSR count). The molecule has 1 saturated heterocycles. The van der Waals surface area contributed by atoms with Crippen LogP contribution in [0.15, 0.2) is 47.8 Å². The van der Waals surface area contributed by atoms with Crippen molar-refractivity contribution >= 4 is 62.3 Å². The Kier molecular flexibility index (Phi) is 4.18. The number of anilines is 1. The zero-order chi connectivity index (χ0) is 18.5. The normalized spacial score (nSPS) is 20.0. The number of fused-ring (bicyclic) bond motifs is 1. The Hall–Kier alpha value is -2.08. The molecule has 1 aromatic heterocycles. The van der Waals surface area contributed by atoms with Crippen molar-refractivity contribution in [3.8, 4) is 0 Å². The van der Waals surface area contributed by atoms with Gasteiger partial charge in [0.05, 0.1) is 5.69 Å². The first-order valence-electron chi connectivity index (χ1n) is 7.95. The minimum Gasteiger partial charge on any atom is -0.323 e. The molecule has 132 valence electrons. The topological polar surface area (TPSA) is 49.4 Å². The maximum Gasteiger partial charge on any atom is 0.329 e. The SMILES string of the molecule is CC1(Cc2csc3ccccc23)NC(=O)N(c2cc(Cl)cc(Cl)c2)C1=O. The summed E-state index contributed by atoms with van der Waals surface area (Å²) < 4.78 is 1.15. The molecule has 0 saturated carbocycles. The monoisotopic (exact) mass is 404 g/mol. The summed E-state index contributed by atoms with van der Waals surface area (Å²) in [4.78, 5) is 26.7. The van der Waals surface area contributed by atoms with E-state index in [0.29, 0.717) is 22.2 Å². The number of halogens is 2. The summed E-state index contributed by atoms with van der Waals surface area (Å²) in [5.74, 6) is -0.323. The standard InChI is InChI=1S/C19H14Cl2N2O2S/c1-19(9-11-10-26-16-5-3-2-4-15(11)16)17(24)23(18(25)22-19)14-7-12(20)6-13(21)8-14/h2-8,10H,9H2,1H3,(H,22,25). The molecule has 3 aromatic rings. The fourth-order valence-electron chi connectivity index (χ4n) is 3.26.